The van der Waals surface area contributed by atoms with Crippen molar-refractivity contribution in [2.75, 3.05) is 6.54 Å². The molecule has 1 N–H and O–H groups in total. The Morgan fingerprint density at radius 2 is 1.76 bits per heavy atom. The second-order valence-electron chi connectivity index (χ2n) is 6.00. The van der Waals surface area contributed by atoms with Gasteiger partial charge in [-0.1, -0.05) is 48.8 Å². The van der Waals surface area contributed by atoms with Gasteiger partial charge in [0.25, 0.3) is 0 Å². The molecule has 17 heavy (non-hydrogen) atoms. The van der Waals surface area contributed by atoms with Crippen molar-refractivity contribution in [3.63, 3.8) is 0 Å². The smallest absolute Gasteiger partial charge is 0.0175 e. The molecule has 0 radical (unpaired) electrons. The van der Waals surface area contributed by atoms with Crippen LogP contribution in [0.15, 0.2) is 28.7 Å². The molecule has 1 unspecified atom stereocenters. The fraction of sp³-hybridized carbons (Fsp3) is 0.600. The van der Waals surface area contributed by atoms with E-state index in [4.69, 9.17) is 0 Å². The lowest BCUT2D eigenvalue weighted by atomic mass is 9.92. The molecule has 2 heteroatoms. The second kappa shape index (κ2) is 6.55. The third-order valence-electron chi connectivity index (χ3n) is 2.82. The normalized spacial score (nSPS) is 13.7. The molecule has 0 saturated heterocycles. The largest absolute Gasteiger partial charge is 0.314 e. The summed E-state index contributed by atoms with van der Waals surface area (Å²) >= 11 is 3.46. The highest BCUT2D eigenvalue weighted by atomic mass is 79.9. The third-order valence-corrected chi connectivity index (χ3v) is 3.35. The maximum absolute atomic E-state index is 3.59. The summed E-state index contributed by atoms with van der Waals surface area (Å²) in [5, 5.41) is 3.59. The standard InChI is InChI=1S/C15H24BrN/c1-12(17-10-9-15(2,3)4)11-13-5-7-14(16)8-6-13/h5-8,12,17H,9-11H2,1-4H3. The van der Waals surface area contributed by atoms with Crippen molar-refractivity contribution in [1.29, 1.82) is 0 Å². The molecule has 0 spiro atoms. The van der Waals surface area contributed by atoms with Gasteiger partial charge in [0.05, 0.1) is 0 Å². The summed E-state index contributed by atoms with van der Waals surface area (Å²) < 4.78 is 1.15. The minimum absolute atomic E-state index is 0.421. The Morgan fingerprint density at radius 1 is 1.18 bits per heavy atom. The van der Waals surface area contributed by atoms with Crippen LogP contribution in [0, 0.1) is 5.41 Å². The van der Waals surface area contributed by atoms with Crippen molar-refractivity contribution in [2.24, 2.45) is 5.41 Å². The molecule has 1 aromatic carbocycles. The fourth-order valence-electron chi connectivity index (χ4n) is 1.74. The van der Waals surface area contributed by atoms with Gasteiger partial charge < -0.3 is 5.32 Å². The van der Waals surface area contributed by atoms with Crippen molar-refractivity contribution < 1.29 is 0 Å². The molecule has 1 nitrogen and oxygen atoms in total. The van der Waals surface area contributed by atoms with E-state index in [-0.39, 0.29) is 0 Å². The number of hydrogen-bond acceptors (Lipinski definition) is 1. The minimum atomic E-state index is 0.421. The van der Waals surface area contributed by atoms with Gasteiger partial charge in [-0.05, 0) is 49.4 Å². The topological polar surface area (TPSA) is 12.0 Å². The zero-order valence-corrected chi connectivity index (χ0v) is 13.0. The van der Waals surface area contributed by atoms with Crippen LogP contribution in [0.3, 0.4) is 0 Å². The van der Waals surface area contributed by atoms with Gasteiger partial charge in [-0.2, -0.15) is 0 Å². The molecular formula is C15H24BrN. The van der Waals surface area contributed by atoms with E-state index in [1.165, 1.54) is 12.0 Å². The molecule has 0 aromatic heterocycles. The zero-order chi connectivity index (χ0) is 12.9. The predicted octanol–water partition coefficient (Wildman–Crippen LogP) is 4.41. The highest BCUT2D eigenvalue weighted by Crippen LogP contribution is 2.17. The van der Waals surface area contributed by atoms with Gasteiger partial charge in [0.15, 0.2) is 0 Å². The van der Waals surface area contributed by atoms with Gasteiger partial charge in [0.1, 0.15) is 0 Å². The van der Waals surface area contributed by atoms with Gasteiger partial charge in [-0.3, -0.25) is 0 Å². The van der Waals surface area contributed by atoms with Crippen molar-refractivity contribution >= 4 is 15.9 Å². The van der Waals surface area contributed by atoms with E-state index in [9.17, 15) is 0 Å². The number of halogens is 1. The molecule has 0 amide bonds. The van der Waals surface area contributed by atoms with E-state index >= 15 is 0 Å². The van der Waals surface area contributed by atoms with Crippen LogP contribution >= 0.6 is 15.9 Å². The molecule has 96 valence electrons. The first-order valence-electron chi connectivity index (χ1n) is 6.35. The highest BCUT2D eigenvalue weighted by molar-refractivity contribution is 9.10. The molecule has 0 saturated carbocycles. The van der Waals surface area contributed by atoms with Crippen molar-refractivity contribution in [3.05, 3.63) is 34.3 Å². The van der Waals surface area contributed by atoms with Crippen LogP contribution in [-0.4, -0.2) is 12.6 Å². The lowest BCUT2D eigenvalue weighted by Gasteiger charge is -2.20. The summed E-state index contributed by atoms with van der Waals surface area (Å²) in [6, 6.07) is 9.13. The van der Waals surface area contributed by atoms with Crippen molar-refractivity contribution in [2.45, 2.75) is 46.6 Å². The first-order chi connectivity index (χ1) is 7.87. The average molecular weight is 298 g/mol. The maximum Gasteiger partial charge on any atom is 0.0175 e. The molecule has 0 heterocycles. The Balaban J connectivity index is 2.30. The Kier molecular flexibility index (Phi) is 5.68. The summed E-state index contributed by atoms with van der Waals surface area (Å²) in [5.74, 6) is 0. The Bertz CT molecular complexity index is 324. The van der Waals surface area contributed by atoms with Gasteiger partial charge in [0, 0.05) is 10.5 Å². The molecule has 0 bridgehead atoms. The van der Waals surface area contributed by atoms with Crippen LogP contribution in [0.4, 0.5) is 0 Å². The fourth-order valence-corrected chi connectivity index (χ4v) is 2.00. The van der Waals surface area contributed by atoms with Crippen LogP contribution in [-0.2, 0) is 6.42 Å². The summed E-state index contributed by atoms with van der Waals surface area (Å²) in [5.41, 5.74) is 1.81. The first-order valence-corrected chi connectivity index (χ1v) is 7.14. The van der Waals surface area contributed by atoms with Crippen LogP contribution in [0.5, 0.6) is 0 Å². The highest BCUT2D eigenvalue weighted by Gasteiger charge is 2.10. The Morgan fingerprint density at radius 3 is 2.29 bits per heavy atom. The number of benzene rings is 1. The Labute approximate surface area is 114 Å². The average Bonchev–Trinajstić information content (AvgIpc) is 2.19. The van der Waals surface area contributed by atoms with Gasteiger partial charge in [-0.15, -0.1) is 0 Å². The van der Waals surface area contributed by atoms with Crippen molar-refractivity contribution in [3.8, 4) is 0 Å². The van der Waals surface area contributed by atoms with Gasteiger partial charge in [0.2, 0.25) is 0 Å². The third kappa shape index (κ3) is 6.85. The van der Waals surface area contributed by atoms with Crippen LogP contribution < -0.4 is 5.32 Å². The number of hydrogen-bond donors (Lipinski definition) is 1. The minimum Gasteiger partial charge on any atom is -0.314 e. The zero-order valence-electron chi connectivity index (χ0n) is 11.4. The van der Waals surface area contributed by atoms with E-state index in [1.54, 1.807) is 0 Å². The van der Waals surface area contributed by atoms with Gasteiger partial charge in [-0.25, -0.2) is 0 Å². The SMILES string of the molecule is CC(Cc1ccc(Br)cc1)NCCC(C)(C)C. The molecule has 1 rings (SSSR count). The molecular weight excluding hydrogens is 274 g/mol. The summed E-state index contributed by atoms with van der Waals surface area (Å²) in [4.78, 5) is 0. The quantitative estimate of drug-likeness (QED) is 0.849. The van der Waals surface area contributed by atoms with Crippen LogP contribution in [0.25, 0.3) is 0 Å². The monoisotopic (exact) mass is 297 g/mol. The molecule has 1 aromatic rings. The number of rotatable bonds is 5. The summed E-state index contributed by atoms with van der Waals surface area (Å²) in [6.45, 7) is 10.2. The van der Waals surface area contributed by atoms with Crippen LogP contribution in [0.1, 0.15) is 39.7 Å². The lowest BCUT2D eigenvalue weighted by molar-refractivity contribution is 0.356. The molecule has 0 fully saturated rings. The van der Waals surface area contributed by atoms with E-state index in [1.807, 2.05) is 0 Å². The van der Waals surface area contributed by atoms with E-state index in [2.05, 4.69) is 73.2 Å². The van der Waals surface area contributed by atoms with E-state index < -0.39 is 0 Å². The second-order valence-corrected chi connectivity index (χ2v) is 6.91. The van der Waals surface area contributed by atoms with Crippen LogP contribution in [0.2, 0.25) is 0 Å². The Hall–Kier alpha value is -0.340. The maximum atomic E-state index is 3.59. The van der Waals surface area contributed by atoms with Crippen molar-refractivity contribution in [1.82, 2.24) is 5.32 Å². The summed E-state index contributed by atoms with van der Waals surface area (Å²) in [7, 11) is 0. The van der Waals surface area contributed by atoms with Gasteiger partial charge >= 0.3 is 0 Å². The molecule has 0 aliphatic rings. The number of nitrogens with one attached hydrogen (secondary N) is 1. The molecule has 0 aliphatic heterocycles. The predicted molar refractivity (Wildman–Crippen MR) is 79.4 cm³/mol. The summed E-state index contributed by atoms with van der Waals surface area (Å²) in [6.07, 6.45) is 2.31. The molecule has 1 atom stereocenters. The molecule has 0 aliphatic carbocycles. The van der Waals surface area contributed by atoms with E-state index in [0.29, 0.717) is 11.5 Å². The van der Waals surface area contributed by atoms with E-state index in [0.717, 1.165) is 17.4 Å². The first kappa shape index (κ1) is 14.7. The lowest BCUT2D eigenvalue weighted by Crippen LogP contribution is -2.30.